The van der Waals surface area contributed by atoms with Gasteiger partial charge in [0.05, 0.1) is 23.4 Å². The number of H-pyrrole nitrogens is 1. The van der Waals surface area contributed by atoms with E-state index in [0.717, 1.165) is 78.3 Å². The van der Waals surface area contributed by atoms with Crippen molar-refractivity contribution in [2.75, 3.05) is 78.5 Å². The van der Waals surface area contributed by atoms with Crippen molar-refractivity contribution >= 4 is 44.2 Å². The minimum Gasteiger partial charge on any atom is -0.378 e. The number of hydrogen-bond acceptors (Lipinski definition) is 8. The average Bonchev–Trinajstić information content (AvgIpc) is 3.55. The number of likely N-dealkylation sites (N-methyl/N-ethyl adjacent to an activating group) is 1. The number of thiophene rings is 1. The average molecular weight is 520 g/mol. The van der Waals surface area contributed by atoms with Crippen LogP contribution in [0.5, 0.6) is 0 Å². The van der Waals surface area contributed by atoms with E-state index in [-0.39, 0.29) is 5.91 Å². The van der Waals surface area contributed by atoms with Crippen molar-refractivity contribution in [2.45, 2.75) is 6.54 Å². The number of nitrogens with one attached hydrogen (secondary N) is 1. The molecule has 37 heavy (non-hydrogen) atoms. The number of hydrogen-bond donors (Lipinski definition) is 1. The van der Waals surface area contributed by atoms with E-state index in [4.69, 9.17) is 14.7 Å². The summed E-state index contributed by atoms with van der Waals surface area (Å²) in [5.41, 5.74) is 3.36. The summed E-state index contributed by atoms with van der Waals surface area (Å²) >= 11 is 1.80. The monoisotopic (exact) mass is 519 g/mol. The van der Waals surface area contributed by atoms with Gasteiger partial charge in [0.1, 0.15) is 0 Å². The molecule has 5 heterocycles. The van der Waals surface area contributed by atoms with Crippen molar-refractivity contribution in [1.29, 1.82) is 0 Å². The summed E-state index contributed by atoms with van der Waals surface area (Å²) in [6, 6.07) is 8.10. The van der Waals surface area contributed by atoms with Crippen LogP contribution in [0.25, 0.3) is 32.5 Å². The van der Waals surface area contributed by atoms with Crippen molar-refractivity contribution < 1.29 is 9.53 Å². The van der Waals surface area contributed by atoms with Crippen molar-refractivity contribution in [3.63, 3.8) is 0 Å². The lowest BCUT2D eigenvalue weighted by atomic mass is 10.0. The first-order chi connectivity index (χ1) is 18.0. The molecule has 10 heteroatoms. The highest BCUT2D eigenvalue weighted by atomic mass is 32.1. The predicted molar refractivity (Wildman–Crippen MR) is 149 cm³/mol. The zero-order valence-electron chi connectivity index (χ0n) is 21.7. The zero-order valence-corrected chi connectivity index (χ0v) is 22.5. The molecule has 1 amide bonds. The molecule has 1 N–H and O–H groups in total. The lowest BCUT2D eigenvalue weighted by Gasteiger charge is -2.31. The Morgan fingerprint density at radius 1 is 1.08 bits per heavy atom. The van der Waals surface area contributed by atoms with E-state index in [9.17, 15) is 4.79 Å². The highest BCUT2D eigenvalue weighted by Crippen LogP contribution is 2.37. The van der Waals surface area contributed by atoms with Gasteiger partial charge in [-0.15, -0.1) is 11.3 Å². The normalized spacial score (nSPS) is 17.6. The third kappa shape index (κ3) is 4.82. The number of benzene rings is 1. The molecule has 0 aliphatic carbocycles. The summed E-state index contributed by atoms with van der Waals surface area (Å²) in [5.74, 6) is 1.57. The van der Waals surface area contributed by atoms with Gasteiger partial charge in [-0.05, 0) is 31.3 Å². The fraction of sp³-hybridized carbons (Fsp3) is 0.444. The second-order valence-electron chi connectivity index (χ2n) is 10.1. The van der Waals surface area contributed by atoms with Gasteiger partial charge in [0.2, 0.25) is 0 Å². The van der Waals surface area contributed by atoms with Gasteiger partial charge in [0, 0.05) is 93.0 Å². The van der Waals surface area contributed by atoms with Crippen LogP contribution in [0.15, 0.2) is 30.5 Å². The van der Waals surface area contributed by atoms with Gasteiger partial charge in [0.25, 0.3) is 5.91 Å². The zero-order chi connectivity index (χ0) is 25.5. The molecule has 4 aromatic rings. The Labute approximate surface area is 220 Å². The summed E-state index contributed by atoms with van der Waals surface area (Å²) in [6.07, 6.45) is 1.90. The fourth-order valence-electron chi connectivity index (χ4n) is 5.11. The van der Waals surface area contributed by atoms with Crippen LogP contribution in [0.4, 0.5) is 5.82 Å². The molecular formula is C27H33N7O2S. The SMILES string of the molecule is CN1CCN(Cc2cc3nc(-c4cc(C(=O)N(C)C)cc5[nH]ccc45)nc(N4CCOCC4)c3s2)CC1. The van der Waals surface area contributed by atoms with Gasteiger partial charge in [-0.25, -0.2) is 9.97 Å². The molecule has 2 aliphatic heterocycles. The van der Waals surface area contributed by atoms with Crippen LogP contribution in [0.2, 0.25) is 0 Å². The second-order valence-corrected chi connectivity index (χ2v) is 11.3. The smallest absolute Gasteiger partial charge is 0.253 e. The molecule has 0 bridgehead atoms. The third-order valence-corrected chi connectivity index (χ3v) is 8.36. The molecular weight excluding hydrogens is 486 g/mol. The van der Waals surface area contributed by atoms with Gasteiger partial charge >= 0.3 is 0 Å². The van der Waals surface area contributed by atoms with Gasteiger partial charge in [-0.2, -0.15) is 0 Å². The van der Waals surface area contributed by atoms with E-state index in [1.165, 1.54) is 4.88 Å². The van der Waals surface area contributed by atoms with Crippen LogP contribution >= 0.6 is 11.3 Å². The number of amides is 1. The van der Waals surface area contributed by atoms with Crippen molar-refractivity contribution in [3.05, 3.63) is 40.9 Å². The number of morpholine rings is 1. The van der Waals surface area contributed by atoms with Crippen LogP contribution in [-0.2, 0) is 11.3 Å². The first kappa shape index (κ1) is 24.3. The van der Waals surface area contributed by atoms with E-state index in [2.05, 4.69) is 32.8 Å². The van der Waals surface area contributed by atoms with E-state index < -0.39 is 0 Å². The van der Waals surface area contributed by atoms with Crippen LogP contribution in [-0.4, -0.2) is 109 Å². The molecule has 194 valence electrons. The Morgan fingerprint density at radius 2 is 1.86 bits per heavy atom. The Morgan fingerprint density at radius 3 is 2.62 bits per heavy atom. The third-order valence-electron chi connectivity index (χ3n) is 7.25. The summed E-state index contributed by atoms with van der Waals surface area (Å²) < 4.78 is 6.76. The molecule has 0 atom stereocenters. The molecule has 0 unspecified atom stereocenters. The largest absolute Gasteiger partial charge is 0.378 e. The van der Waals surface area contributed by atoms with Crippen molar-refractivity contribution in [2.24, 2.45) is 0 Å². The van der Waals surface area contributed by atoms with Gasteiger partial charge < -0.3 is 24.4 Å². The number of anilines is 1. The lowest BCUT2D eigenvalue weighted by molar-refractivity contribution is 0.0828. The quantitative estimate of drug-likeness (QED) is 0.434. The molecule has 6 rings (SSSR count). The number of piperazine rings is 1. The lowest BCUT2D eigenvalue weighted by Crippen LogP contribution is -2.43. The molecule has 0 radical (unpaired) electrons. The van der Waals surface area contributed by atoms with Gasteiger partial charge in [-0.1, -0.05) is 0 Å². The molecule has 1 aromatic carbocycles. The fourth-order valence-corrected chi connectivity index (χ4v) is 6.27. The van der Waals surface area contributed by atoms with E-state index in [1.54, 1.807) is 30.3 Å². The molecule has 3 aromatic heterocycles. The number of nitrogens with zero attached hydrogens (tertiary/aromatic N) is 6. The number of rotatable bonds is 5. The Bertz CT molecular complexity index is 1430. The Hall–Kier alpha value is -3.05. The number of ether oxygens (including phenoxy) is 1. The number of fused-ring (bicyclic) bond motifs is 2. The first-order valence-electron chi connectivity index (χ1n) is 12.8. The van der Waals surface area contributed by atoms with Crippen LogP contribution in [0.1, 0.15) is 15.2 Å². The molecule has 9 nitrogen and oxygen atoms in total. The summed E-state index contributed by atoms with van der Waals surface area (Å²) in [5, 5.41) is 1.01. The van der Waals surface area contributed by atoms with E-state index >= 15 is 0 Å². The highest BCUT2D eigenvalue weighted by molar-refractivity contribution is 7.19. The van der Waals surface area contributed by atoms with E-state index in [0.29, 0.717) is 24.6 Å². The van der Waals surface area contributed by atoms with Gasteiger partial charge in [-0.3, -0.25) is 9.69 Å². The first-order valence-corrected chi connectivity index (χ1v) is 13.6. The molecule has 2 aliphatic rings. The van der Waals surface area contributed by atoms with Crippen LogP contribution < -0.4 is 4.90 Å². The highest BCUT2D eigenvalue weighted by Gasteiger charge is 2.23. The number of aromatic nitrogens is 3. The maximum atomic E-state index is 12.9. The number of carbonyl (C=O) groups excluding carboxylic acids is 1. The minimum absolute atomic E-state index is 0.0442. The summed E-state index contributed by atoms with van der Waals surface area (Å²) in [4.78, 5) is 36.5. The maximum Gasteiger partial charge on any atom is 0.253 e. The Kier molecular flexibility index (Phi) is 6.58. The predicted octanol–water partition coefficient (Wildman–Crippen LogP) is 3.13. The molecule has 0 saturated carbocycles. The van der Waals surface area contributed by atoms with E-state index in [1.807, 2.05) is 24.4 Å². The molecule has 2 fully saturated rings. The second kappa shape index (κ2) is 10.0. The van der Waals surface area contributed by atoms with Crippen molar-refractivity contribution in [1.82, 2.24) is 29.7 Å². The summed E-state index contributed by atoms with van der Waals surface area (Å²) in [6.45, 7) is 8.27. The summed E-state index contributed by atoms with van der Waals surface area (Å²) in [7, 11) is 5.73. The molecule has 2 saturated heterocycles. The van der Waals surface area contributed by atoms with Crippen LogP contribution in [0, 0.1) is 0 Å². The topological polar surface area (TPSA) is 80.8 Å². The maximum absolute atomic E-state index is 12.9. The number of aromatic amines is 1. The van der Waals surface area contributed by atoms with Crippen LogP contribution in [0.3, 0.4) is 0 Å². The standard InChI is InChI=1S/C27H33N7O2S/c1-31(2)27(35)18-14-21(20-4-5-28-22(20)15-18)25-29-23-16-19(17-33-8-6-32(3)7-9-33)37-24(23)26(30-25)34-10-12-36-13-11-34/h4-5,14-16,28H,6-13,17H2,1-3H3. The molecule has 0 spiro atoms. The van der Waals surface area contributed by atoms with Crippen molar-refractivity contribution in [3.8, 4) is 11.4 Å². The Balaban J connectivity index is 1.46. The van der Waals surface area contributed by atoms with Gasteiger partial charge in [0.15, 0.2) is 11.6 Å². The minimum atomic E-state index is -0.0442. The number of carbonyl (C=O) groups is 1.